The third-order valence-corrected chi connectivity index (χ3v) is 3.32. The average molecular weight is 314 g/mol. The van der Waals surface area contributed by atoms with E-state index in [9.17, 15) is 4.79 Å². The van der Waals surface area contributed by atoms with Crippen molar-refractivity contribution >= 4 is 17.5 Å². The number of methoxy groups -OCH3 is 1. The number of nitrogens with zero attached hydrogens (tertiary/aromatic N) is 2. The third kappa shape index (κ3) is 5.34. The Morgan fingerprint density at radius 1 is 1.22 bits per heavy atom. The van der Waals surface area contributed by atoms with Gasteiger partial charge in [0.15, 0.2) is 0 Å². The second-order valence-corrected chi connectivity index (χ2v) is 5.04. The summed E-state index contributed by atoms with van der Waals surface area (Å²) in [6, 6.07) is 9.64. The molecule has 6 nitrogen and oxygen atoms in total. The van der Waals surface area contributed by atoms with E-state index in [0.717, 1.165) is 18.5 Å². The first kappa shape index (κ1) is 16.9. The second-order valence-electron chi connectivity index (χ2n) is 5.04. The molecule has 0 bridgehead atoms. The molecule has 0 aliphatic rings. The lowest BCUT2D eigenvalue weighted by atomic mass is 10.1. The van der Waals surface area contributed by atoms with Crippen LogP contribution in [0.5, 0.6) is 0 Å². The zero-order valence-electron chi connectivity index (χ0n) is 13.5. The fourth-order valence-electron chi connectivity index (χ4n) is 2.01. The van der Waals surface area contributed by atoms with Gasteiger partial charge < -0.3 is 15.4 Å². The summed E-state index contributed by atoms with van der Waals surface area (Å²) in [6.45, 7) is 3.28. The number of aryl methyl sites for hydroxylation is 1. The van der Waals surface area contributed by atoms with E-state index in [4.69, 9.17) is 4.74 Å². The van der Waals surface area contributed by atoms with E-state index in [-0.39, 0.29) is 5.91 Å². The number of rotatable bonds is 8. The minimum atomic E-state index is -0.215. The van der Waals surface area contributed by atoms with Crippen LogP contribution in [0.4, 0.5) is 11.6 Å². The van der Waals surface area contributed by atoms with Gasteiger partial charge in [0.05, 0.1) is 0 Å². The van der Waals surface area contributed by atoms with Crippen LogP contribution in [0.2, 0.25) is 0 Å². The number of nitrogens with one attached hydrogen (secondary N) is 2. The molecule has 1 amide bonds. The Kier molecular flexibility index (Phi) is 6.50. The number of carbonyl (C=O) groups is 1. The van der Waals surface area contributed by atoms with Crippen molar-refractivity contribution in [3.8, 4) is 0 Å². The van der Waals surface area contributed by atoms with Gasteiger partial charge in [0.25, 0.3) is 5.91 Å². The molecule has 0 aliphatic heterocycles. The Morgan fingerprint density at radius 3 is 2.70 bits per heavy atom. The maximum absolute atomic E-state index is 12.0. The largest absolute Gasteiger partial charge is 0.385 e. The van der Waals surface area contributed by atoms with Crippen LogP contribution in [-0.2, 0) is 11.2 Å². The predicted octanol–water partition coefficient (Wildman–Crippen LogP) is 2.55. The van der Waals surface area contributed by atoms with Gasteiger partial charge in [-0.15, -0.1) is 0 Å². The molecular weight excluding hydrogens is 292 g/mol. The summed E-state index contributed by atoms with van der Waals surface area (Å²) in [5.41, 5.74) is 2.49. The summed E-state index contributed by atoms with van der Waals surface area (Å²) in [7, 11) is 1.64. The SMILES string of the molecule is CCc1ccc(Nc2nccc(C(=O)NCCCOC)n2)cc1. The smallest absolute Gasteiger partial charge is 0.270 e. The lowest BCUT2D eigenvalue weighted by Crippen LogP contribution is -2.26. The quantitative estimate of drug-likeness (QED) is 0.732. The molecule has 0 radical (unpaired) electrons. The highest BCUT2D eigenvalue weighted by Gasteiger charge is 2.08. The second kappa shape index (κ2) is 8.85. The number of hydrogen-bond donors (Lipinski definition) is 2. The number of ether oxygens (including phenoxy) is 1. The highest BCUT2D eigenvalue weighted by molar-refractivity contribution is 5.92. The lowest BCUT2D eigenvalue weighted by Gasteiger charge is -2.08. The molecule has 0 saturated carbocycles. The maximum Gasteiger partial charge on any atom is 0.270 e. The maximum atomic E-state index is 12.0. The van der Waals surface area contributed by atoms with Gasteiger partial charge in [-0.05, 0) is 36.6 Å². The minimum absolute atomic E-state index is 0.215. The Hall–Kier alpha value is -2.47. The minimum Gasteiger partial charge on any atom is -0.385 e. The molecule has 1 aromatic carbocycles. The zero-order chi connectivity index (χ0) is 16.5. The number of aromatic nitrogens is 2. The van der Waals surface area contributed by atoms with E-state index in [1.807, 2.05) is 12.1 Å². The van der Waals surface area contributed by atoms with E-state index in [0.29, 0.717) is 24.8 Å². The number of anilines is 2. The van der Waals surface area contributed by atoms with E-state index < -0.39 is 0 Å². The number of benzene rings is 1. The van der Waals surface area contributed by atoms with Gasteiger partial charge in [-0.25, -0.2) is 9.97 Å². The molecule has 0 aliphatic carbocycles. The number of amides is 1. The van der Waals surface area contributed by atoms with Gasteiger partial charge in [-0.1, -0.05) is 19.1 Å². The highest BCUT2D eigenvalue weighted by atomic mass is 16.5. The van der Waals surface area contributed by atoms with Gasteiger partial charge in [-0.3, -0.25) is 4.79 Å². The average Bonchev–Trinajstić information content (AvgIpc) is 2.59. The molecule has 23 heavy (non-hydrogen) atoms. The van der Waals surface area contributed by atoms with Crippen molar-refractivity contribution in [1.29, 1.82) is 0 Å². The van der Waals surface area contributed by atoms with Crippen LogP contribution in [0.1, 0.15) is 29.4 Å². The summed E-state index contributed by atoms with van der Waals surface area (Å²) in [4.78, 5) is 20.4. The monoisotopic (exact) mass is 314 g/mol. The number of hydrogen-bond acceptors (Lipinski definition) is 5. The molecule has 0 spiro atoms. The molecule has 0 saturated heterocycles. The fraction of sp³-hybridized carbons (Fsp3) is 0.353. The van der Waals surface area contributed by atoms with Gasteiger partial charge in [0, 0.05) is 32.1 Å². The van der Waals surface area contributed by atoms with Gasteiger partial charge in [0.2, 0.25) is 5.95 Å². The zero-order valence-corrected chi connectivity index (χ0v) is 13.5. The normalized spacial score (nSPS) is 10.3. The molecule has 1 aromatic heterocycles. The van der Waals surface area contributed by atoms with Crippen molar-refractivity contribution in [3.05, 3.63) is 47.8 Å². The Bertz CT molecular complexity index is 629. The standard InChI is InChI=1S/C17H22N4O2/c1-3-13-5-7-14(8-6-13)20-17-19-11-9-15(21-17)16(22)18-10-4-12-23-2/h5-9,11H,3-4,10,12H2,1-2H3,(H,18,22)(H,19,20,21). The van der Waals surface area contributed by atoms with Crippen LogP contribution < -0.4 is 10.6 Å². The molecule has 2 N–H and O–H groups in total. The van der Waals surface area contributed by atoms with Crippen molar-refractivity contribution in [1.82, 2.24) is 15.3 Å². The predicted molar refractivity (Wildman–Crippen MR) is 90.0 cm³/mol. The Morgan fingerprint density at radius 2 is 2.00 bits per heavy atom. The van der Waals surface area contributed by atoms with Crippen molar-refractivity contribution in [2.45, 2.75) is 19.8 Å². The lowest BCUT2D eigenvalue weighted by molar-refractivity contribution is 0.0943. The van der Waals surface area contributed by atoms with Crippen LogP contribution in [0.25, 0.3) is 0 Å². The summed E-state index contributed by atoms with van der Waals surface area (Å²) in [5, 5.41) is 5.91. The van der Waals surface area contributed by atoms with Gasteiger partial charge >= 0.3 is 0 Å². The van der Waals surface area contributed by atoms with Crippen LogP contribution in [0.3, 0.4) is 0 Å². The first-order valence-electron chi connectivity index (χ1n) is 7.69. The molecular formula is C17H22N4O2. The van der Waals surface area contributed by atoms with Gasteiger partial charge in [0.1, 0.15) is 5.69 Å². The molecule has 0 fully saturated rings. The van der Waals surface area contributed by atoms with Crippen molar-refractivity contribution < 1.29 is 9.53 Å². The molecule has 2 rings (SSSR count). The van der Waals surface area contributed by atoms with E-state index in [2.05, 4.69) is 39.7 Å². The van der Waals surface area contributed by atoms with E-state index >= 15 is 0 Å². The third-order valence-electron chi connectivity index (χ3n) is 3.32. The highest BCUT2D eigenvalue weighted by Crippen LogP contribution is 2.14. The molecule has 0 unspecified atom stereocenters. The van der Waals surface area contributed by atoms with Crippen molar-refractivity contribution in [3.63, 3.8) is 0 Å². The summed E-state index contributed by atoms with van der Waals surface area (Å²) in [6.07, 6.45) is 3.33. The molecule has 1 heterocycles. The van der Waals surface area contributed by atoms with Crippen molar-refractivity contribution in [2.75, 3.05) is 25.6 Å². The van der Waals surface area contributed by atoms with E-state index in [1.54, 1.807) is 19.4 Å². The molecule has 2 aromatic rings. The van der Waals surface area contributed by atoms with E-state index in [1.165, 1.54) is 5.56 Å². The molecule has 0 atom stereocenters. The summed E-state index contributed by atoms with van der Waals surface area (Å²) >= 11 is 0. The summed E-state index contributed by atoms with van der Waals surface area (Å²) < 4.78 is 4.94. The first-order chi connectivity index (χ1) is 11.2. The molecule has 6 heteroatoms. The van der Waals surface area contributed by atoms with Gasteiger partial charge in [-0.2, -0.15) is 0 Å². The van der Waals surface area contributed by atoms with Crippen LogP contribution in [-0.4, -0.2) is 36.1 Å². The van der Waals surface area contributed by atoms with Crippen molar-refractivity contribution in [2.24, 2.45) is 0 Å². The summed E-state index contributed by atoms with van der Waals surface area (Å²) in [5.74, 6) is 0.187. The fourth-order valence-corrected chi connectivity index (χ4v) is 2.01. The topological polar surface area (TPSA) is 76.1 Å². The van der Waals surface area contributed by atoms with Crippen LogP contribution in [0, 0.1) is 0 Å². The Labute approximate surface area is 136 Å². The Balaban J connectivity index is 1.96. The molecule has 122 valence electrons. The van der Waals surface area contributed by atoms with Crippen LogP contribution in [0.15, 0.2) is 36.5 Å². The first-order valence-corrected chi connectivity index (χ1v) is 7.69. The number of carbonyl (C=O) groups excluding carboxylic acids is 1. The van der Waals surface area contributed by atoms with Crippen LogP contribution >= 0.6 is 0 Å².